The molecule has 8 nitrogen and oxygen atoms in total. The van der Waals surface area contributed by atoms with Gasteiger partial charge in [0.2, 0.25) is 0 Å². The van der Waals surface area contributed by atoms with Gasteiger partial charge in [0.05, 0.1) is 22.4 Å². The van der Waals surface area contributed by atoms with Crippen LogP contribution in [0.25, 0.3) is 11.3 Å². The summed E-state index contributed by atoms with van der Waals surface area (Å²) < 4.78 is 17.6. The number of nitrogens with one attached hydrogen (secondary N) is 2. The van der Waals surface area contributed by atoms with E-state index in [4.69, 9.17) is 14.9 Å². The Kier molecular flexibility index (Phi) is 6.81. The molecule has 10 heteroatoms. The quantitative estimate of drug-likeness (QED) is 0.499. The minimum absolute atomic E-state index is 0.00176. The molecule has 3 heterocycles. The molecule has 0 spiro atoms. The number of hydrogen-bond acceptors (Lipinski definition) is 8. The summed E-state index contributed by atoms with van der Waals surface area (Å²) in [4.78, 5) is 12.1. The molecule has 1 aliphatic heterocycles. The molecule has 31 heavy (non-hydrogen) atoms. The van der Waals surface area contributed by atoms with Gasteiger partial charge in [-0.25, -0.2) is 19.3 Å². The highest BCUT2D eigenvalue weighted by Crippen LogP contribution is 2.33. The van der Waals surface area contributed by atoms with E-state index in [1.54, 1.807) is 18.2 Å². The second-order valence-corrected chi connectivity index (χ2v) is 9.35. The molecule has 0 amide bonds. The zero-order valence-corrected chi connectivity index (χ0v) is 19.1. The molecule has 1 aromatic carbocycles. The molecule has 3 aromatic rings. The lowest BCUT2D eigenvalue weighted by molar-refractivity contribution is 0.243. The molecular weight excluding hydrogens is 432 g/mol. The van der Waals surface area contributed by atoms with Crippen LogP contribution >= 0.6 is 11.3 Å². The minimum Gasteiger partial charge on any atom is -0.489 e. The molecule has 164 valence electrons. The number of piperazine rings is 1. The monoisotopic (exact) mass is 458 g/mol. The standard InChI is InChI=1S/C21H26N6O2S2/c1-14(2)29-19-5-4-16(31(22)28)11-17(19)25-21-26-18(13-30-21)15-3-6-20(24-12-15)27-9-7-23-8-10-27/h3-6,11-14,23H,7-10,22H2,1-2H3,(H,25,26). The van der Waals surface area contributed by atoms with E-state index in [0.717, 1.165) is 43.3 Å². The second-order valence-electron chi connectivity index (χ2n) is 7.43. The normalized spacial score (nSPS) is 15.2. The number of hydrogen-bond donors (Lipinski definition) is 3. The van der Waals surface area contributed by atoms with Crippen molar-refractivity contribution in [3.63, 3.8) is 0 Å². The molecule has 1 unspecified atom stereocenters. The Morgan fingerprint density at radius 3 is 2.74 bits per heavy atom. The highest BCUT2D eigenvalue weighted by Gasteiger charge is 2.14. The van der Waals surface area contributed by atoms with Gasteiger partial charge in [0, 0.05) is 43.3 Å². The van der Waals surface area contributed by atoms with Gasteiger partial charge in [-0.1, -0.05) is 0 Å². The van der Waals surface area contributed by atoms with E-state index >= 15 is 0 Å². The Bertz CT molecular complexity index is 1050. The first-order valence-corrected chi connectivity index (χ1v) is 12.2. The fraction of sp³-hybridized carbons (Fsp3) is 0.333. The number of nitrogens with two attached hydrogens (primary N) is 1. The lowest BCUT2D eigenvalue weighted by Crippen LogP contribution is -2.43. The third kappa shape index (κ3) is 5.40. The average Bonchev–Trinajstić information content (AvgIpc) is 3.24. The van der Waals surface area contributed by atoms with Gasteiger partial charge in [0.15, 0.2) is 5.13 Å². The lowest BCUT2D eigenvalue weighted by Gasteiger charge is -2.28. The summed E-state index contributed by atoms with van der Waals surface area (Å²) >= 11 is 1.48. The third-order valence-corrected chi connectivity index (χ3v) is 6.25. The fourth-order valence-corrected chi connectivity index (χ4v) is 4.45. The topological polar surface area (TPSA) is 105 Å². The predicted molar refractivity (Wildman–Crippen MR) is 127 cm³/mol. The van der Waals surface area contributed by atoms with Crippen LogP contribution in [0.3, 0.4) is 0 Å². The van der Waals surface area contributed by atoms with E-state index in [-0.39, 0.29) is 6.10 Å². The average molecular weight is 459 g/mol. The smallest absolute Gasteiger partial charge is 0.187 e. The zero-order chi connectivity index (χ0) is 21.8. The van der Waals surface area contributed by atoms with Crippen LogP contribution < -0.4 is 25.4 Å². The van der Waals surface area contributed by atoms with E-state index in [9.17, 15) is 4.21 Å². The lowest BCUT2D eigenvalue weighted by atomic mass is 10.2. The molecule has 1 fully saturated rings. The van der Waals surface area contributed by atoms with Crippen LogP contribution in [0.4, 0.5) is 16.6 Å². The molecule has 4 N–H and O–H groups in total. The van der Waals surface area contributed by atoms with Crippen LogP contribution in [-0.4, -0.2) is 46.5 Å². The summed E-state index contributed by atoms with van der Waals surface area (Å²) in [5.74, 6) is 1.64. The van der Waals surface area contributed by atoms with E-state index in [2.05, 4.69) is 26.6 Å². The van der Waals surface area contributed by atoms with Gasteiger partial charge in [-0.2, -0.15) is 0 Å². The Balaban J connectivity index is 1.52. The molecule has 0 aliphatic carbocycles. The van der Waals surface area contributed by atoms with E-state index in [1.165, 1.54) is 11.3 Å². The van der Waals surface area contributed by atoms with Crippen LogP contribution in [0.1, 0.15) is 13.8 Å². The predicted octanol–water partition coefficient (Wildman–Crippen LogP) is 3.13. The molecule has 1 saturated heterocycles. The van der Waals surface area contributed by atoms with Crippen molar-refractivity contribution in [2.75, 3.05) is 36.4 Å². The highest BCUT2D eigenvalue weighted by atomic mass is 32.2. The Morgan fingerprint density at radius 2 is 2.06 bits per heavy atom. The molecule has 1 atom stereocenters. The van der Waals surface area contributed by atoms with E-state index < -0.39 is 11.0 Å². The maximum atomic E-state index is 11.7. The number of nitrogens with zero attached hydrogens (tertiary/aromatic N) is 3. The number of aromatic nitrogens is 2. The van der Waals surface area contributed by atoms with Gasteiger partial charge < -0.3 is 20.3 Å². The van der Waals surface area contributed by atoms with Gasteiger partial charge in [-0.3, -0.25) is 0 Å². The van der Waals surface area contributed by atoms with Gasteiger partial charge >= 0.3 is 0 Å². The van der Waals surface area contributed by atoms with Crippen molar-refractivity contribution in [2.45, 2.75) is 24.8 Å². The van der Waals surface area contributed by atoms with Crippen molar-refractivity contribution < 1.29 is 8.95 Å². The first kappa shape index (κ1) is 21.7. The van der Waals surface area contributed by atoms with Gasteiger partial charge in [-0.15, -0.1) is 11.3 Å². The van der Waals surface area contributed by atoms with Crippen molar-refractivity contribution in [1.29, 1.82) is 0 Å². The highest BCUT2D eigenvalue weighted by molar-refractivity contribution is 7.82. The van der Waals surface area contributed by atoms with Crippen LogP contribution in [0.15, 0.2) is 46.8 Å². The van der Waals surface area contributed by atoms with Crippen molar-refractivity contribution in [1.82, 2.24) is 15.3 Å². The van der Waals surface area contributed by atoms with Gasteiger partial charge in [0.1, 0.15) is 22.6 Å². The number of benzene rings is 1. The maximum Gasteiger partial charge on any atom is 0.187 e. The second kappa shape index (κ2) is 9.73. The van der Waals surface area contributed by atoms with Crippen molar-refractivity contribution in [3.05, 3.63) is 41.9 Å². The summed E-state index contributed by atoms with van der Waals surface area (Å²) in [5.41, 5.74) is 2.48. The van der Waals surface area contributed by atoms with E-state index in [1.807, 2.05) is 31.5 Å². The number of rotatable bonds is 7. The summed E-state index contributed by atoms with van der Waals surface area (Å²) in [7, 11) is -1.58. The number of anilines is 3. The molecule has 4 rings (SSSR count). The summed E-state index contributed by atoms with van der Waals surface area (Å²) in [6, 6.07) is 9.31. The molecule has 2 aromatic heterocycles. The van der Waals surface area contributed by atoms with Crippen molar-refractivity contribution in [3.8, 4) is 17.0 Å². The summed E-state index contributed by atoms with van der Waals surface area (Å²) in [6.45, 7) is 7.79. The first-order chi connectivity index (χ1) is 15.0. The Hall–Kier alpha value is -2.53. The first-order valence-electron chi connectivity index (χ1n) is 10.1. The van der Waals surface area contributed by atoms with Crippen LogP contribution in [0.5, 0.6) is 5.75 Å². The van der Waals surface area contributed by atoms with Crippen molar-refractivity contribution in [2.24, 2.45) is 5.14 Å². The maximum absolute atomic E-state index is 11.7. The fourth-order valence-electron chi connectivity index (χ4n) is 3.29. The van der Waals surface area contributed by atoms with Crippen LogP contribution in [0.2, 0.25) is 0 Å². The largest absolute Gasteiger partial charge is 0.489 e. The molecule has 1 aliphatic rings. The van der Waals surface area contributed by atoms with Crippen LogP contribution in [-0.2, 0) is 11.0 Å². The van der Waals surface area contributed by atoms with Crippen molar-refractivity contribution >= 4 is 39.0 Å². The summed E-state index contributed by atoms with van der Waals surface area (Å²) in [6.07, 6.45) is 1.86. The summed E-state index contributed by atoms with van der Waals surface area (Å²) in [5, 5.41) is 14.9. The number of pyridine rings is 1. The Labute approximate surface area is 188 Å². The van der Waals surface area contributed by atoms with Gasteiger partial charge in [-0.05, 0) is 44.2 Å². The number of ether oxygens (including phenoxy) is 1. The van der Waals surface area contributed by atoms with Crippen LogP contribution in [0, 0.1) is 0 Å². The third-order valence-electron chi connectivity index (χ3n) is 4.78. The van der Waals surface area contributed by atoms with Gasteiger partial charge in [0.25, 0.3) is 0 Å². The molecule has 0 radical (unpaired) electrons. The molecule has 0 saturated carbocycles. The molecular formula is C21H26N6O2S2. The number of thiazole rings is 1. The van der Waals surface area contributed by atoms with E-state index in [0.29, 0.717) is 21.5 Å². The minimum atomic E-state index is -1.58. The SMILES string of the molecule is CC(C)Oc1ccc(S(N)=O)cc1Nc1nc(-c2ccc(N3CCNCC3)nc2)cs1. The Morgan fingerprint density at radius 1 is 1.26 bits per heavy atom. The molecule has 0 bridgehead atoms. The zero-order valence-electron chi connectivity index (χ0n) is 17.5.